The van der Waals surface area contributed by atoms with Crippen LogP contribution in [0.2, 0.25) is 0 Å². The van der Waals surface area contributed by atoms with Crippen molar-refractivity contribution in [1.29, 1.82) is 0 Å². The van der Waals surface area contributed by atoms with Crippen LogP contribution in [0.4, 0.5) is 79.0 Å². The van der Waals surface area contributed by atoms with Crippen molar-refractivity contribution >= 4 is 7.82 Å². The Morgan fingerprint density at radius 2 is 0.765 bits per heavy atom. The molecule has 0 amide bonds. The fourth-order valence-corrected chi connectivity index (χ4v) is 2.52. The minimum atomic E-state index is -7.72. The fourth-order valence-electron chi connectivity index (χ4n) is 1.98. The highest BCUT2D eigenvalue weighted by atomic mass is 31.2. The van der Waals surface area contributed by atoms with Gasteiger partial charge in [0.2, 0.25) is 0 Å². The zero-order valence-electron chi connectivity index (χ0n) is 15.0. The third-order valence-corrected chi connectivity index (χ3v) is 4.25. The summed E-state index contributed by atoms with van der Waals surface area (Å²) in [6.45, 7) is 0. The first-order valence-corrected chi connectivity index (χ1v) is 8.96. The van der Waals surface area contributed by atoms with Crippen LogP contribution in [-0.4, -0.2) is 63.8 Å². The van der Waals surface area contributed by atoms with Crippen molar-refractivity contribution in [2.24, 2.45) is 0 Å². The van der Waals surface area contributed by atoms with Gasteiger partial charge in [0.25, 0.3) is 0 Å². The molecule has 34 heavy (non-hydrogen) atoms. The van der Waals surface area contributed by atoms with Crippen molar-refractivity contribution in [3.8, 4) is 0 Å². The summed E-state index contributed by atoms with van der Waals surface area (Å²) in [6, 6.07) is 0. The Morgan fingerprint density at radius 3 is 0.941 bits per heavy atom. The summed E-state index contributed by atoms with van der Waals surface area (Å²) in [7, 11) is -6.62. The molecule has 0 saturated carbocycles. The summed E-state index contributed by atoms with van der Waals surface area (Å²) in [4.78, 5) is 16.7. The maximum Gasteiger partial charge on any atom is 0.469 e. The molecule has 0 aromatic rings. The van der Waals surface area contributed by atoms with Gasteiger partial charge in [-0.25, -0.2) is 4.57 Å². The molecule has 2 N–H and O–H groups in total. The van der Waals surface area contributed by atoms with E-state index in [4.69, 9.17) is 9.79 Å². The fraction of sp³-hybridized carbons (Fsp3) is 1.00. The number of halogens is 18. The van der Waals surface area contributed by atoms with Gasteiger partial charge in [-0.1, -0.05) is 0 Å². The lowest BCUT2D eigenvalue weighted by atomic mass is 9.92. The molecule has 0 aromatic carbocycles. The van der Waals surface area contributed by atoms with E-state index in [1.54, 1.807) is 0 Å². The Bertz CT molecular complexity index is 713. The molecule has 0 atom stereocenters. The molecular formula is C11H7F18O4P. The first-order chi connectivity index (χ1) is 14.3. The summed E-state index contributed by atoms with van der Waals surface area (Å²) >= 11 is 0. The van der Waals surface area contributed by atoms with E-state index in [1.165, 1.54) is 0 Å². The molecule has 0 rings (SSSR count). The van der Waals surface area contributed by atoms with E-state index in [9.17, 15) is 83.6 Å². The van der Waals surface area contributed by atoms with Crippen molar-refractivity contribution < 1.29 is 97.9 Å². The molecular weight excluding hydrogens is 569 g/mol. The molecule has 0 aromatic heterocycles. The highest BCUT2D eigenvalue weighted by Gasteiger charge is 2.83. The first-order valence-electron chi connectivity index (χ1n) is 7.43. The lowest BCUT2D eigenvalue weighted by Crippen LogP contribution is -2.63. The lowest BCUT2D eigenvalue weighted by Gasteiger charge is -2.37. The lowest BCUT2D eigenvalue weighted by molar-refractivity contribution is -0.403. The van der Waals surface area contributed by atoms with E-state index < -0.39 is 74.7 Å². The average Bonchev–Trinajstić information content (AvgIpc) is 2.49. The summed E-state index contributed by atoms with van der Waals surface area (Å²) in [6.07, 6.45) is -27.1. The van der Waals surface area contributed by atoms with Gasteiger partial charge in [-0.05, 0) is 0 Å². The molecule has 0 aliphatic rings. The molecule has 206 valence electrons. The maximum atomic E-state index is 13.5. The van der Waals surface area contributed by atoms with Crippen LogP contribution in [0, 0.1) is 0 Å². The van der Waals surface area contributed by atoms with Crippen LogP contribution < -0.4 is 0 Å². The topological polar surface area (TPSA) is 66.8 Å². The second-order valence-electron chi connectivity index (χ2n) is 6.33. The smallest absolute Gasteiger partial charge is 0.303 e. The molecule has 0 radical (unpaired) electrons. The summed E-state index contributed by atoms with van der Waals surface area (Å²) < 4.78 is 244. The Balaban J connectivity index is 6.44. The Morgan fingerprint density at radius 1 is 0.529 bits per heavy atom. The minimum Gasteiger partial charge on any atom is -0.303 e. The third kappa shape index (κ3) is 5.97. The third-order valence-electron chi connectivity index (χ3n) is 3.67. The summed E-state index contributed by atoms with van der Waals surface area (Å²) in [5.41, 5.74) is 0. The molecule has 23 heteroatoms. The second-order valence-corrected chi connectivity index (χ2v) is 7.52. The Kier molecular flexibility index (Phi) is 8.46. The van der Waals surface area contributed by atoms with E-state index >= 15 is 0 Å². The Labute approximate surface area is 174 Å². The molecule has 0 heterocycles. The summed E-state index contributed by atoms with van der Waals surface area (Å²) in [5, 5.41) is 0. The van der Waals surface area contributed by atoms with Gasteiger partial charge in [0.05, 0.1) is 6.10 Å². The van der Waals surface area contributed by atoms with Gasteiger partial charge in [-0.2, -0.15) is 79.0 Å². The Hall–Kier alpha value is -1.15. The normalized spacial score (nSPS) is 16.4. The van der Waals surface area contributed by atoms with Crippen molar-refractivity contribution in [2.75, 3.05) is 0 Å². The zero-order chi connectivity index (χ0) is 28.2. The maximum absolute atomic E-state index is 13.5. The van der Waals surface area contributed by atoms with Crippen LogP contribution in [0.1, 0.15) is 12.8 Å². The van der Waals surface area contributed by atoms with Gasteiger partial charge in [-0.15, -0.1) is 0 Å². The van der Waals surface area contributed by atoms with Crippen molar-refractivity contribution in [3.63, 3.8) is 0 Å². The monoisotopic (exact) mass is 576 g/mol. The van der Waals surface area contributed by atoms with E-state index in [-0.39, 0.29) is 0 Å². The van der Waals surface area contributed by atoms with Crippen molar-refractivity contribution in [3.05, 3.63) is 0 Å². The number of hydrogen-bond donors (Lipinski definition) is 2. The number of rotatable bonds is 10. The SMILES string of the molecule is O=P(O)(O)OC(CC(F)(F)C(F)(F)C(F)(F)C(F)(F)F)CC(F)(F)C(F)(F)C(F)(F)C(F)(F)F. The second kappa shape index (κ2) is 8.75. The van der Waals surface area contributed by atoms with Gasteiger partial charge >= 0.3 is 55.7 Å². The number of phosphoric ester groups is 1. The van der Waals surface area contributed by atoms with Crippen LogP contribution in [0.15, 0.2) is 0 Å². The first kappa shape index (κ1) is 32.9. The molecule has 0 aliphatic carbocycles. The van der Waals surface area contributed by atoms with Crippen molar-refractivity contribution in [1.82, 2.24) is 0 Å². The molecule has 0 fully saturated rings. The average molecular weight is 576 g/mol. The van der Waals surface area contributed by atoms with Crippen LogP contribution in [0.25, 0.3) is 0 Å². The zero-order valence-corrected chi connectivity index (χ0v) is 15.8. The largest absolute Gasteiger partial charge is 0.469 e. The highest BCUT2D eigenvalue weighted by molar-refractivity contribution is 7.46. The molecule has 0 spiro atoms. The van der Waals surface area contributed by atoms with Gasteiger partial charge in [-0.3, -0.25) is 4.52 Å². The van der Waals surface area contributed by atoms with E-state index in [0.717, 1.165) is 0 Å². The van der Waals surface area contributed by atoms with Gasteiger partial charge in [0.15, 0.2) is 0 Å². The number of hydrogen-bond acceptors (Lipinski definition) is 2. The molecule has 0 bridgehead atoms. The van der Waals surface area contributed by atoms with E-state index in [1.807, 2.05) is 0 Å². The van der Waals surface area contributed by atoms with E-state index in [2.05, 4.69) is 4.52 Å². The number of phosphoric acid groups is 1. The van der Waals surface area contributed by atoms with Crippen LogP contribution >= 0.6 is 7.82 Å². The predicted octanol–water partition coefficient (Wildman–Crippen LogP) is 6.18. The van der Waals surface area contributed by atoms with Crippen LogP contribution in [0.3, 0.4) is 0 Å². The van der Waals surface area contributed by atoms with Gasteiger partial charge in [0.1, 0.15) is 0 Å². The van der Waals surface area contributed by atoms with Crippen LogP contribution in [-0.2, 0) is 9.09 Å². The molecule has 0 unspecified atom stereocenters. The molecule has 0 saturated heterocycles. The molecule has 0 aliphatic heterocycles. The minimum absolute atomic E-state index is 2.88. The van der Waals surface area contributed by atoms with Gasteiger partial charge < -0.3 is 9.79 Å². The van der Waals surface area contributed by atoms with Crippen molar-refractivity contribution in [2.45, 2.75) is 66.8 Å². The van der Waals surface area contributed by atoms with Crippen LogP contribution in [0.5, 0.6) is 0 Å². The number of alkyl halides is 18. The molecule has 4 nitrogen and oxygen atoms in total. The standard InChI is InChI=1S/C11H7F18O4P/c12-4(13,6(16,17)8(20,21)10(24,25)26)1-3(33-34(30,31)32)2-5(14,15)7(18,19)9(22,23)11(27,28)29/h3H,1-2H2,(H2,30,31,32). The highest BCUT2D eigenvalue weighted by Crippen LogP contribution is 2.58. The quantitative estimate of drug-likeness (QED) is 0.241. The van der Waals surface area contributed by atoms with Gasteiger partial charge in [0, 0.05) is 12.8 Å². The predicted molar refractivity (Wildman–Crippen MR) is 67.9 cm³/mol. The van der Waals surface area contributed by atoms with E-state index in [0.29, 0.717) is 0 Å². The summed E-state index contributed by atoms with van der Waals surface area (Å²) in [5.74, 6) is -44.8.